The zero-order chi connectivity index (χ0) is 15.5. The number of rotatable bonds is 4. The molecule has 0 aliphatic heterocycles. The van der Waals surface area contributed by atoms with Gasteiger partial charge in [-0.15, -0.1) is 0 Å². The number of sulfonamides is 1. The van der Waals surface area contributed by atoms with Crippen molar-refractivity contribution >= 4 is 15.7 Å². The lowest BCUT2D eigenvalue weighted by atomic mass is 10.1. The number of benzene rings is 1. The summed E-state index contributed by atoms with van der Waals surface area (Å²) in [6.07, 6.45) is 2.28. The van der Waals surface area contributed by atoms with E-state index in [0.29, 0.717) is 5.69 Å². The lowest BCUT2D eigenvalue weighted by Gasteiger charge is -2.20. The smallest absolute Gasteiger partial charge is 0.266 e. The summed E-state index contributed by atoms with van der Waals surface area (Å²) in [4.78, 5) is 3.71. The highest BCUT2D eigenvalue weighted by atomic mass is 32.2. The molecule has 0 aliphatic rings. The minimum absolute atomic E-state index is 0.0884. The van der Waals surface area contributed by atoms with Gasteiger partial charge in [0.2, 0.25) is 0 Å². The third-order valence-electron chi connectivity index (χ3n) is 3.22. The monoisotopic (exact) mass is 301 g/mol. The summed E-state index contributed by atoms with van der Waals surface area (Å²) >= 11 is 0. The van der Waals surface area contributed by atoms with Gasteiger partial charge in [-0.05, 0) is 36.2 Å². The second-order valence-corrected chi connectivity index (χ2v) is 6.39. The van der Waals surface area contributed by atoms with Crippen molar-refractivity contribution in [2.75, 3.05) is 11.4 Å². The zero-order valence-electron chi connectivity index (χ0n) is 11.8. The van der Waals surface area contributed by atoms with E-state index < -0.39 is 10.0 Å². The van der Waals surface area contributed by atoms with E-state index in [4.69, 9.17) is 5.26 Å². The fourth-order valence-corrected chi connectivity index (χ4v) is 3.20. The molecule has 0 N–H and O–H groups in total. The van der Waals surface area contributed by atoms with Gasteiger partial charge < -0.3 is 0 Å². The highest BCUT2D eigenvalue weighted by Crippen LogP contribution is 2.23. The second-order valence-electron chi connectivity index (χ2n) is 4.45. The summed E-state index contributed by atoms with van der Waals surface area (Å²) in [6, 6.07) is 12.0. The Balaban J connectivity index is 2.45. The van der Waals surface area contributed by atoms with E-state index in [1.54, 1.807) is 12.1 Å². The van der Waals surface area contributed by atoms with E-state index in [-0.39, 0.29) is 10.6 Å². The Morgan fingerprint density at radius 3 is 2.48 bits per heavy atom. The number of pyridine rings is 1. The Morgan fingerprint density at radius 1 is 1.24 bits per heavy atom. The van der Waals surface area contributed by atoms with Crippen LogP contribution in [-0.2, 0) is 16.4 Å². The predicted molar refractivity (Wildman–Crippen MR) is 80.4 cm³/mol. The number of nitriles is 1. The van der Waals surface area contributed by atoms with E-state index in [9.17, 15) is 8.42 Å². The average molecular weight is 301 g/mol. The molecule has 0 atom stereocenters. The highest BCUT2D eigenvalue weighted by molar-refractivity contribution is 7.92. The van der Waals surface area contributed by atoms with Crippen LogP contribution in [0.5, 0.6) is 0 Å². The van der Waals surface area contributed by atoms with E-state index in [1.807, 2.05) is 25.1 Å². The molecule has 6 heteroatoms. The molecule has 21 heavy (non-hydrogen) atoms. The van der Waals surface area contributed by atoms with Crippen LogP contribution in [-0.4, -0.2) is 20.4 Å². The third-order valence-corrected chi connectivity index (χ3v) is 5.04. The molecule has 2 rings (SSSR count). The molecule has 0 unspecified atom stereocenters. The van der Waals surface area contributed by atoms with Crippen molar-refractivity contribution in [3.05, 3.63) is 53.9 Å². The number of hydrogen-bond acceptors (Lipinski definition) is 4. The molecule has 0 spiro atoms. The Morgan fingerprint density at radius 2 is 1.90 bits per heavy atom. The van der Waals surface area contributed by atoms with Crippen LogP contribution in [0.25, 0.3) is 0 Å². The summed E-state index contributed by atoms with van der Waals surface area (Å²) in [7, 11) is -2.34. The molecule has 1 heterocycles. The molecule has 0 amide bonds. The van der Waals surface area contributed by atoms with E-state index >= 15 is 0 Å². The van der Waals surface area contributed by atoms with Gasteiger partial charge in [-0.2, -0.15) is 5.26 Å². The van der Waals surface area contributed by atoms with Gasteiger partial charge >= 0.3 is 0 Å². The first-order chi connectivity index (χ1) is 10.0. The Kier molecular flexibility index (Phi) is 4.24. The SMILES string of the molecule is CCc1ccc(N(C)S(=O)(=O)c2cccnc2C#N)cc1. The first kappa shape index (κ1) is 15.0. The van der Waals surface area contributed by atoms with Crippen molar-refractivity contribution < 1.29 is 8.42 Å². The number of aromatic nitrogens is 1. The van der Waals surface area contributed by atoms with Crippen LogP contribution in [0.2, 0.25) is 0 Å². The van der Waals surface area contributed by atoms with Gasteiger partial charge in [-0.3, -0.25) is 4.31 Å². The molecular weight excluding hydrogens is 286 g/mol. The molecule has 0 fully saturated rings. The van der Waals surface area contributed by atoms with Gasteiger partial charge in [-0.25, -0.2) is 13.4 Å². The topological polar surface area (TPSA) is 74.1 Å². The Labute approximate surface area is 124 Å². The number of hydrogen-bond donors (Lipinski definition) is 0. The first-order valence-electron chi connectivity index (χ1n) is 6.43. The summed E-state index contributed by atoms with van der Waals surface area (Å²) in [5.41, 5.74) is 1.57. The van der Waals surface area contributed by atoms with Crippen LogP contribution in [0.4, 0.5) is 5.69 Å². The van der Waals surface area contributed by atoms with E-state index in [2.05, 4.69) is 4.98 Å². The third kappa shape index (κ3) is 2.88. The molecule has 0 radical (unpaired) electrons. The Hall–Kier alpha value is -2.39. The quantitative estimate of drug-likeness (QED) is 0.868. The van der Waals surface area contributed by atoms with Crippen LogP contribution in [0.1, 0.15) is 18.2 Å². The maximum atomic E-state index is 12.6. The van der Waals surface area contributed by atoms with Gasteiger partial charge in [-0.1, -0.05) is 19.1 Å². The first-order valence-corrected chi connectivity index (χ1v) is 7.87. The number of aryl methyl sites for hydroxylation is 1. The van der Waals surface area contributed by atoms with Crippen LogP contribution in [0.3, 0.4) is 0 Å². The molecule has 2 aromatic rings. The lowest BCUT2D eigenvalue weighted by Crippen LogP contribution is -2.27. The molecular formula is C15H15N3O2S. The molecule has 0 aliphatic carbocycles. The van der Waals surface area contributed by atoms with Crippen molar-refractivity contribution in [1.29, 1.82) is 5.26 Å². The van der Waals surface area contributed by atoms with Crippen LogP contribution in [0.15, 0.2) is 47.5 Å². The van der Waals surface area contributed by atoms with Crippen LogP contribution in [0, 0.1) is 11.3 Å². The standard InChI is InChI=1S/C15H15N3O2S/c1-3-12-6-8-13(9-7-12)18(2)21(19,20)15-5-4-10-17-14(15)11-16/h4-10H,3H2,1-2H3. The van der Waals surface area contributed by atoms with Gasteiger partial charge in [0.1, 0.15) is 11.0 Å². The molecule has 0 bridgehead atoms. The van der Waals surface area contributed by atoms with E-state index in [1.165, 1.54) is 25.4 Å². The van der Waals surface area contributed by atoms with Crippen LogP contribution >= 0.6 is 0 Å². The van der Waals surface area contributed by atoms with Crippen molar-refractivity contribution in [2.24, 2.45) is 0 Å². The molecule has 5 nitrogen and oxygen atoms in total. The van der Waals surface area contributed by atoms with Gasteiger partial charge in [0.25, 0.3) is 10.0 Å². The highest BCUT2D eigenvalue weighted by Gasteiger charge is 2.25. The summed E-state index contributed by atoms with van der Waals surface area (Å²) in [5.74, 6) is 0. The maximum Gasteiger partial charge on any atom is 0.266 e. The van der Waals surface area contributed by atoms with Gasteiger partial charge in [0.05, 0.1) is 5.69 Å². The number of nitrogens with zero attached hydrogens (tertiary/aromatic N) is 3. The van der Waals surface area contributed by atoms with Crippen molar-refractivity contribution in [2.45, 2.75) is 18.2 Å². The number of anilines is 1. The van der Waals surface area contributed by atoms with Crippen molar-refractivity contribution in [3.8, 4) is 6.07 Å². The fraction of sp³-hybridized carbons (Fsp3) is 0.200. The van der Waals surface area contributed by atoms with E-state index in [0.717, 1.165) is 16.3 Å². The second kappa shape index (κ2) is 5.94. The Bertz CT molecular complexity index is 777. The predicted octanol–water partition coefficient (Wildman–Crippen LogP) is 2.34. The van der Waals surface area contributed by atoms with Gasteiger partial charge in [0, 0.05) is 13.2 Å². The molecule has 0 saturated heterocycles. The largest absolute Gasteiger partial charge is 0.269 e. The fourth-order valence-electron chi connectivity index (χ4n) is 1.91. The van der Waals surface area contributed by atoms with Crippen LogP contribution < -0.4 is 4.31 Å². The minimum atomic E-state index is -3.81. The average Bonchev–Trinajstić information content (AvgIpc) is 2.54. The van der Waals surface area contributed by atoms with Crippen molar-refractivity contribution in [3.63, 3.8) is 0 Å². The lowest BCUT2D eigenvalue weighted by molar-refractivity contribution is 0.593. The summed E-state index contributed by atoms with van der Waals surface area (Å²) in [6.45, 7) is 2.03. The minimum Gasteiger partial charge on any atom is -0.269 e. The van der Waals surface area contributed by atoms with Gasteiger partial charge in [0.15, 0.2) is 5.69 Å². The normalized spacial score (nSPS) is 10.9. The zero-order valence-corrected chi connectivity index (χ0v) is 12.6. The molecule has 0 saturated carbocycles. The maximum absolute atomic E-state index is 12.6. The van der Waals surface area contributed by atoms with Crippen molar-refractivity contribution in [1.82, 2.24) is 4.98 Å². The summed E-state index contributed by atoms with van der Waals surface area (Å²) in [5, 5.41) is 9.01. The molecule has 108 valence electrons. The molecule has 1 aromatic carbocycles. The molecule has 1 aromatic heterocycles. The summed E-state index contributed by atoms with van der Waals surface area (Å²) < 4.78 is 26.4.